The Morgan fingerprint density at radius 2 is 1.65 bits per heavy atom. The number of benzene rings is 1. The molecule has 5 heteroatoms. The molecule has 0 atom stereocenters. The van der Waals surface area contributed by atoms with E-state index < -0.39 is 18.2 Å². The highest BCUT2D eigenvalue weighted by molar-refractivity contribution is 6.15. The molecule has 0 aliphatic heterocycles. The fraction of sp³-hybridized carbons (Fsp3) is 0.0667. The summed E-state index contributed by atoms with van der Waals surface area (Å²) in [6.07, 6.45) is 0.925. The number of hydrogen-bond acceptors (Lipinski definition) is 4. The second kappa shape index (κ2) is 5.88. The van der Waals surface area contributed by atoms with Crippen LogP contribution in [0.2, 0.25) is 0 Å². The van der Waals surface area contributed by atoms with Gasteiger partial charge in [0.05, 0.1) is 12.0 Å². The number of carbonyl (C=O) groups excluding carboxylic acids is 2. The first-order valence-corrected chi connectivity index (χ1v) is 5.89. The lowest BCUT2D eigenvalue weighted by atomic mass is 10.0. The van der Waals surface area contributed by atoms with Gasteiger partial charge in [-0.1, -0.05) is 30.3 Å². The van der Waals surface area contributed by atoms with Gasteiger partial charge in [0.25, 0.3) is 0 Å². The van der Waals surface area contributed by atoms with Gasteiger partial charge in [0.15, 0.2) is 11.6 Å². The number of carboxylic acids is 1. The third-order valence-electron chi connectivity index (χ3n) is 2.72. The van der Waals surface area contributed by atoms with Crippen molar-refractivity contribution in [3.63, 3.8) is 0 Å². The number of ketones is 2. The molecule has 0 aliphatic rings. The molecule has 0 amide bonds. The van der Waals surface area contributed by atoms with Crippen LogP contribution in [0.25, 0.3) is 0 Å². The summed E-state index contributed by atoms with van der Waals surface area (Å²) in [5.41, 5.74) is 0.0244. The number of hydrogen-bond donors (Lipinski definition) is 1. The number of pyridine rings is 1. The molecule has 0 aliphatic carbocycles. The Kier molecular flexibility index (Phi) is 4.00. The highest BCUT2D eigenvalue weighted by atomic mass is 16.4. The molecule has 1 N–H and O–H groups in total. The number of nitrogens with zero attached hydrogens (tertiary/aromatic N) is 1. The molecule has 0 saturated heterocycles. The normalized spacial score (nSPS) is 10.0. The van der Waals surface area contributed by atoms with E-state index in [0.717, 1.165) is 0 Å². The molecule has 0 saturated carbocycles. The van der Waals surface area contributed by atoms with Gasteiger partial charge in [-0.05, 0) is 12.1 Å². The summed E-state index contributed by atoms with van der Waals surface area (Å²) in [4.78, 5) is 38.7. The highest BCUT2D eigenvalue weighted by Gasteiger charge is 2.20. The molecule has 100 valence electrons. The van der Waals surface area contributed by atoms with Crippen LogP contribution in [0.3, 0.4) is 0 Å². The molecule has 2 rings (SSSR count). The Labute approximate surface area is 114 Å². The van der Waals surface area contributed by atoms with Gasteiger partial charge in [0.1, 0.15) is 5.69 Å². The molecule has 0 bridgehead atoms. The summed E-state index contributed by atoms with van der Waals surface area (Å²) in [5.74, 6) is -2.21. The maximum Gasteiger partial charge on any atom is 0.338 e. The van der Waals surface area contributed by atoms with Crippen LogP contribution in [0.15, 0.2) is 48.7 Å². The average molecular weight is 269 g/mol. The molecule has 0 unspecified atom stereocenters. The van der Waals surface area contributed by atoms with E-state index in [2.05, 4.69) is 4.98 Å². The third-order valence-corrected chi connectivity index (χ3v) is 2.72. The van der Waals surface area contributed by atoms with Crippen LogP contribution >= 0.6 is 0 Å². The fourth-order valence-electron chi connectivity index (χ4n) is 1.76. The van der Waals surface area contributed by atoms with Crippen LogP contribution in [0.1, 0.15) is 37.6 Å². The van der Waals surface area contributed by atoms with Gasteiger partial charge in [-0.25, -0.2) is 4.79 Å². The van der Waals surface area contributed by atoms with Crippen molar-refractivity contribution >= 4 is 17.5 Å². The maximum atomic E-state index is 12.0. The van der Waals surface area contributed by atoms with Crippen molar-refractivity contribution in [1.82, 2.24) is 4.98 Å². The van der Waals surface area contributed by atoms with E-state index in [1.54, 1.807) is 30.3 Å². The average Bonchev–Trinajstić information content (AvgIpc) is 2.48. The first kappa shape index (κ1) is 13.6. The first-order chi connectivity index (χ1) is 9.59. The van der Waals surface area contributed by atoms with Gasteiger partial charge < -0.3 is 5.11 Å². The lowest BCUT2D eigenvalue weighted by Gasteiger charge is -2.03. The first-order valence-electron chi connectivity index (χ1n) is 5.89. The Morgan fingerprint density at radius 3 is 2.30 bits per heavy atom. The predicted octanol–water partition coefficient (Wildman–Crippen LogP) is 2.24. The van der Waals surface area contributed by atoms with Gasteiger partial charge in [-0.2, -0.15) is 0 Å². The summed E-state index contributed by atoms with van der Waals surface area (Å²) >= 11 is 0. The monoisotopic (exact) mass is 269 g/mol. The molecule has 2 aromatic rings. The Balaban J connectivity index is 2.21. The van der Waals surface area contributed by atoms with Crippen LogP contribution in [0.4, 0.5) is 0 Å². The van der Waals surface area contributed by atoms with E-state index >= 15 is 0 Å². The van der Waals surface area contributed by atoms with Crippen molar-refractivity contribution in [1.29, 1.82) is 0 Å². The predicted molar refractivity (Wildman–Crippen MR) is 70.9 cm³/mol. The second-order valence-corrected chi connectivity index (χ2v) is 4.09. The van der Waals surface area contributed by atoms with Crippen molar-refractivity contribution in [2.45, 2.75) is 6.42 Å². The van der Waals surface area contributed by atoms with Crippen molar-refractivity contribution in [3.8, 4) is 0 Å². The standard InChI is InChI=1S/C15H11NO4/c17-12(10-5-2-1-3-6-10)9-13(18)14-11(15(19)20)7-4-8-16-14/h1-8H,9H2,(H,19,20). The number of rotatable bonds is 5. The third kappa shape index (κ3) is 2.95. The molecular weight excluding hydrogens is 258 g/mol. The topological polar surface area (TPSA) is 84.3 Å². The van der Waals surface area contributed by atoms with Crippen LogP contribution in [0, 0.1) is 0 Å². The lowest BCUT2D eigenvalue weighted by Crippen LogP contribution is -2.14. The molecule has 20 heavy (non-hydrogen) atoms. The zero-order chi connectivity index (χ0) is 14.5. The van der Waals surface area contributed by atoms with E-state index in [-0.39, 0.29) is 17.0 Å². The van der Waals surface area contributed by atoms with Gasteiger partial charge in [-0.15, -0.1) is 0 Å². The minimum Gasteiger partial charge on any atom is -0.478 e. The lowest BCUT2D eigenvalue weighted by molar-refractivity contribution is 0.0689. The summed E-state index contributed by atoms with van der Waals surface area (Å²) < 4.78 is 0. The smallest absolute Gasteiger partial charge is 0.338 e. The van der Waals surface area contributed by atoms with Crippen molar-refractivity contribution in [2.75, 3.05) is 0 Å². The molecule has 5 nitrogen and oxygen atoms in total. The van der Waals surface area contributed by atoms with Crippen molar-refractivity contribution in [2.24, 2.45) is 0 Å². The van der Waals surface area contributed by atoms with E-state index in [0.29, 0.717) is 5.56 Å². The zero-order valence-electron chi connectivity index (χ0n) is 10.4. The van der Waals surface area contributed by atoms with E-state index in [4.69, 9.17) is 5.11 Å². The fourth-order valence-corrected chi connectivity index (χ4v) is 1.76. The molecule has 0 fully saturated rings. The largest absolute Gasteiger partial charge is 0.478 e. The van der Waals surface area contributed by atoms with Crippen LogP contribution in [-0.4, -0.2) is 27.6 Å². The molecule has 1 heterocycles. The summed E-state index contributed by atoms with van der Waals surface area (Å²) in [7, 11) is 0. The van der Waals surface area contributed by atoms with Gasteiger partial charge in [0.2, 0.25) is 0 Å². The van der Waals surface area contributed by atoms with E-state index in [1.807, 2.05) is 0 Å². The number of carboxylic acid groups (broad SMARTS) is 1. The Morgan fingerprint density at radius 1 is 0.950 bits per heavy atom. The quantitative estimate of drug-likeness (QED) is 0.664. The minimum atomic E-state index is -1.24. The van der Waals surface area contributed by atoms with Crippen LogP contribution < -0.4 is 0 Å². The van der Waals surface area contributed by atoms with Gasteiger partial charge in [0, 0.05) is 11.8 Å². The van der Waals surface area contributed by atoms with Gasteiger partial charge in [-0.3, -0.25) is 14.6 Å². The number of aromatic carboxylic acids is 1. The van der Waals surface area contributed by atoms with Crippen molar-refractivity contribution < 1.29 is 19.5 Å². The molecule has 0 spiro atoms. The molecule has 1 aromatic heterocycles. The van der Waals surface area contributed by atoms with Crippen LogP contribution in [0.5, 0.6) is 0 Å². The highest BCUT2D eigenvalue weighted by Crippen LogP contribution is 2.11. The molecular formula is C15H11NO4. The zero-order valence-corrected chi connectivity index (χ0v) is 10.4. The second-order valence-electron chi connectivity index (χ2n) is 4.09. The molecule has 1 aromatic carbocycles. The number of aromatic nitrogens is 1. The van der Waals surface area contributed by atoms with Crippen LogP contribution in [-0.2, 0) is 0 Å². The SMILES string of the molecule is O=C(CC(=O)c1ncccc1C(=O)O)c1ccccc1. The Hall–Kier alpha value is -2.82. The number of Topliss-reactive ketones (excluding diaryl/α,β-unsaturated/α-hetero) is 2. The maximum absolute atomic E-state index is 12.0. The number of carbonyl (C=O) groups is 3. The summed E-state index contributed by atoms with van der Waals surface area (Å²) in [5, 5.41) is 8.99. The van der Waals surface area contributed by atoms with Crippen molar-refractivity contribution in [3.05, 3.63) is 65.5 Å². The minimum absolute atomic E-state index is 0.190. The van der Waals surface area contributed by atoms with Gasteiger partial charge >= 0.3 is 5.97 Å². The summed E-state index contributed by atoms with van der Waals surface area (Å²) in [6, 6.07) is 11.1. The van der Waals surface area contributed by atoms with E-state index in [1.165, 1.54) is 18.3 Å². The van der Waals surface area contributed by atoms with E-state index in [9.17, 15) is 14.4 Å². The molecule has 0 radical (unpaired) electrons. The Bertz CT molecular complexity index is 665. The summed E-state index contributed by atoms with van der Waals surface area (Å²) in [6.45, 7) is 0.